The zero-order valence-electron chi connectivity index (χ0n) is 17.4. The van der Waals surface area contributed by atoms with Gasteiger partial charge < -0.3 is 10.2 Å². The van der Waals surface area contributed by atoms with E-state index in [0.717, 1.165) is 24.0 Å². The third-order valence-corrected chi connectivity index (χ3v) is 5.87. The fourth-order valence-electron chi connectivity index (χ4n) is 2.87. The van der Waals surface area contributed by atoms with E-state index in [1.807, 2.05) is 12.1 Å². The van der Waals surface area contributed by atoms with Gasteiger partial charge in [-0.2, -0.15) is 0 Å². The summed E-state index contributed by atoms with van der Waals surface area (Å²) in [6, 6.07) is 12.9. The summed E-state index contributed by atoms with van der Waals surface area (Å²) in [4.78, 5) is 27.1. The van der Waals surface area contributed by atoms with E-state index in [2.05, 4.69) is 12.2 Å². The Morgan fingerprint density at radius 2 is 1.90 bits per heavy atom. The van der Waals surface area contributed by atoms with Crippen LogP contribution in [0.15, 0.2) is 48.5 Å². The summed E-state index contributed by atoms with van der Waals surface area (Å²) in [5.41, 5.74) is 1.81. The molecule has 0 aliphatic heterocycles. The van der Waals surface area contributed by atoms with Crippen molar-refractivity contribution in [2.45, 2.75) is 45.0 Å². The van der Waals surface area contributed by atoms with Crippen molar-refractivity contribution in [2.75, 3.05) is 12.3 Å². The summed E-state index contributed by atoms with van der Waals surface area (Å²) >= 11 is 7.53. The molecule has 0 spiro atoms. The molecular weight excluding hydrogens is 423 g/mol. The highest BCUT2D eigenvalue weighted by molar-refractivity contribution is 7.99. The molecule has 1 unspecified atom stereocenters. The van der Waals surface area contributed by atoms with Gasteiger partial charge in [-0.25, -0.2) is 4.39 Å². The first-order chi connectivity index (χ1) is 14.4. The Morgan fingerprint density at radius 3 is 2.57 bits per heavy atom. The summed E-state index contributed by atoms with van der Waals surface area (Å²) in [7, 11) is 0. The summed E-state index contributed by atoms with van der Waals surface area (Å²) in [6.45, 7) is 4.70. The van der Waals surface area contributed by atoms with Crippen LogP contribution in [0.1, 0.15) is 37.8 Å². The SMILES string of the molecule is CCCCNC(=O)C(C)N(Cc1cccc(Cl)c1)C(=O)CSCc1ccc(F)cc1. The van der Waals surface area contributed by atoms with Gasteiger partial charge in [0.05, 0.1) is 5.75 Å². The minimum absolute atomic E-state index is 0.125. The van der Waals surface area contributed by atoms with Gasteiger partial charge in [-0.05, 0) is 48.7 Å². The number of nitrogens with zero attached hydrogens (tertiary/aromatic N) is 1. The normalized spacial score (nSPS) is 11.7. The van der Waals surface area contributed by atoms with Gasteiger partial charge in [0, 0.05) is 23.9 Å². The van der Waals surface area contributed by atoms with E-state index in [0.29, 0.717) is 23.9 Å². The lowest BCUT2D eigenvalue weighted by Gasteiger charge is -2.29. The van der Waals surface area contributed by atoms with Crippen molar-refractivity contribution in [1.82, 2.24) is 10.2 Å². The lowest BCUT2D eigenvalue weighted by Crippen LogP contribution is -2.48. The second kappa shape index (κ2) is 12.6. The predicted octanol–water partition coefficient (Wildman–Crippen LogP) is 5.05. The molecule has 2 aromatic rings. The van der Waals surface area contributed by atoms with Crippen molar-refractivity contribution in [3.8, 4) is 0 Å². The number of nitrogens with one attached hydrogen (secondary N) is 1. The van der Waals surface area contributed by atoms with E-state index in [9.17, 15) is 14.0 Å². The van der Waals surface area contributed by atoms with E-state index >= 15 is 0 Å². The second-order valence-electron chi connectivity index (χ2n) is 7.09. The Hall–Kier alpha value is -2.05. The van der Waals surface area contributed by atoms with E-state index in [1.165, 1.54) is 23.9 Å². The van der Waals surface area contributed by atoms with Crippen LogP contribution in [0.4, 0.5) is 4.39 Å². The zero-order chi connectivity index (χ0) is 21.9. The Morgan fingerprint density at radius 1 is 1.17 bits per heavy atom. The average molecular weight is 451 g/mol. The summed E-state index contributed by atoms with van der Waals surface area (Å²) < 4.78 is 13.0. The van der Waals surface area contributed by atoms with Crippen LogP contribution < -0.4 is 5.32 Å². The highest BCUT2D eigenvalue weighted by atomic mass is 35.5. The molecule has 0 saturated carbocycles. The standard InChI is InChI=1S/C23H28ClFN2O2S/c1-3-4-12-26-23(29)17(2)27(14-19-6-5-7-20(24)13-19)22(28)16-30-15-18-8-10-21(25)11-9-18/h5-11,13,17H,3-4,12,14-16H2,1-2H3,(H,26,29). The summed E-state index contributed by atoms with van der Waals surface area (Å²) in [6.07, 6.45) is 1.88. The van der Waals surface area contributed by atoms with Gasteiger partial charge in [0.2, 0.25) is 11.8 Å². The fourth-order valence-corrected chi connectivity index (χ4v) is 3.95. The van der Waals surface area contributed by atoms with Crippen LogP contribution in [0, 0.1) is 5.82 Å². The minimum atomic E-state index is -0.597. The minimum Gasteiger partial charge on any atom is -0.354 e. The van der Waals surface area contributed by atoms with E-state index in [4.69, 9.17) is 11.6 Å². The largest absolute Gasteiger partial charge is 0.354 e. The molecule has 1 N–H and O–H groups in total. The van der Waals surface area contributed by atoms with Gasteiger partial charge in [-0.15, -0.1) is 11.8 Å². The van der Waals surface area contributed by atoms with Crippen molar-refractivity contribution in [3.63, 3.8) is 0 Å². The van der Waals surface area contributed by atoms with Crippen LogP contribution in [0.3, 0.4) is 0 Å². The van der Waals surface area contributed by atoms with Crippen LogP contribution in [-0.2, 0) is 21.9 Å². The molecular formula is C23H28ClFN2O2S. The van der Waals surface area contributed by atoms with Crippen molar-refractivity contribution in [3.05, 3.63) is 70.5 Å². The number of rotatable bonds is 11. The highest BCUT2D eigenvalue weighted by Gasteiger charge is 2.25. The number of unbranched alkanes of at least 4 members (excludes halogenated alkanes) is 1. The molecule has 2 rings (SSSR count). The molecule has 0 aliphatic rings. The first-order valence-corrected chi connectivity index (χ1v) is 11.6. The molecule has 7 heteroatoms. The molecule has 0 aliphatic carbocycles. The molecule has 4 nitrogen and oxygen atoms in total. The highest BCUT2D eigenvalue weighted by Crippen LogP contribution is 2.18. The molecule has 30 heavy (non-hydrogen) atoms. The molecule has 0 saturated heterocycles. The monoisotopic (exact) mass is 450 g/mol. The predicted molar refractivity (Wildman–Crippen MR) is 122 cm³/mol. The first kappa shape index (κ1) is 24.2. The zero-order valence-corrected chi connectivity index (χ0v) is 18.9. The van der Waals surface area contributed by atoms with Crippen molar-refractivity contribution < 1.29 is 14.0 Å². The Bertz CT molecular complexity index is 832. The van der Waals surface area contributed by atoms with Crippen LogP contribution in [0.5, 0.6) is 0 Å². The van der Waals surface area contributed by atoms with Gasteiger partial charge in [-0.3, -0.25) is 9.59 Å². The van der Waals surface area contributed by atoms with Gasteiger partial charge in [-0.1, -0.05) is 49.2 Å². The Labute approximate surface area is 187 Å². The number of thioether (sulfide) groups is 1. The molecule has 1 atom stereocenters. The topological polar surface area (TPSA) is 49.4 Å². The van der Waals surface area contributed by atoms with Crippen molar-refractivity contribution >= 4 is 35.2 Å². The van der Waals surface area contributed by atoms with Crippen molar-refractivity contribution in [2.24, 2.45) is 0 Å². The van der Waals surface area contributed by atoms with E-state index < -0.39 is 6.04 Å². The molecule has 162 valence electrons. The smallest absolute Gasteiger partial charge is 0.242 e. The molecule has 0 radical (unpaired) electrons. The van der Waals surface area contributed by atoms with Gasteiger partial charge in [0.15, 0.2) is 0 Å². The lowest BCUT2D eigenvalue weighted by atomic mass is 10.1. The van der Waals surface area contributed by atoms with Gasteiger partial charge in [0.1, 0.15) is 11.9 Å². The lowest BCUT2D eigenvalue weighted by molar-refractivity contribution is -0.138. The summed E-state index contributed by atoms with van der Waals surface area (Å²) in [5, 5.41) is 3.49. The maximum atomic E-state index is 13.0. The van der Waals surface area contributed by atoms with E-state index in [-0.39, 0.29) is 23.4 Å². The van der Waals surface area contributed by atoms with Gasteiger partial charge >= 0.3 is 0 Å². The number of carbonyl (C=O) groups excluding carboxylic acids is 2. The van der Waals surface area contributed by atoms with Gasteiger partial charge in [0.25, 0.3) is 0 Å². The molecule has 0 bridgehead atoms. The third-order valence-electron chi connectivity index (χ3n) is 4.65. The molecule has 0 fully saturated rings. The number of amides is 2. The number of benzene rings is 2. The molecule has 0 heterocycles. The average Bonchev–Trinajstić information content (AvgIpc) is 2.73. The van der Waals surface area contributed by atoms with Crippen LogP contribution in [0.25, 0.3) is 0 Å². The first-order valence-electron chi connectivity index (χ1n) is 10.0. The Kier molecular flexibility index (Phi) is 10.2. The number of carbonyl (C=O) groups is 2. The van der Waals surface area contributed by atoms with Crippen LogP contribution in [-0.4, -0.2) is 35.1 Å². The number of halogens is 2. The second-order valence-corrected chi connectivity index (χ2v) is 8.51. The van der Waals surface area contributed by atoms with Crippen LogP contribution in [0.2, 0.25) is 5.02 Å². The molecule has 0 aromatic heterocycles. The molecule has 2 amide bonds. The number of hydrogen-bond donors (Lipinski definition) is 1. The van der Waals surface area contributed by atoms with Crippen LogP contribution >= 0.6 is 23.4 Å². The maximum absolute atomic E-state index is 13.0. The fraction of sp³-hybridized carbons (Fsp3) is 0.391. The number of hydrogen-bond acceptors (Lipinski definition) is 3. The maximum Gasteiger partial charge on any atom is 0.242 e. The Balaban J connectivity index is 2.03. The molecule has 2 aromatic carbocycles. The third kappa shape index (κ3) is 8.00. The van der Waals surface area contributed by atoms with E-state index in [1.54, 1.807) is 36.1 Å². The quantitative estimate of drug-likeness (QED) is 0.487. The van der Waals surface area contributed by atoms with Crippen molar-refractivity contribution in [1.29, 1.82) is 0 Å². The summed E-state index contributed by atoms with van der Waals surface area (Å²) in [5.74, 6) is 0.247.